The van der Waals surface area contributed by atoms with Gasteiger partial charge in [0.25, 0.3) is 0 Å². The molecule has 29 heavy (non-hydrogen) atoms. The van der Waals surface area contributed by atoms with Gasteiger partial charge in [0.2, 0.25) is 0 Å². The van der Waals surface area contributed by atoms with Crippen molar-refractivity contribution in [3.05, 3.63) is 52.5 Å². The summed E-state index contributed by atoms with van der Waals surface area (Å²) in [4.78, 5) is 13.3. The molecule has 1 heterocycles. The van der Waals surface area contributed by atoms with Gasteiger partial charge in [-0.05, 0) is 42.8 Å². The number of aliphatic hydroxyl groups excluding tert-OH is 1. The number of aliphatic hydroxyl groups is 1. The highest BCUT2D eigenvalue weighted by Crippen LogP contribution is 2.32. The molecule has 0 aliphatic carbocycles. The monoisotopic (exact) mass is 439 g/mol. The Morgan fingerprint density at radius 1 is 1.28 bits per heavy atom. The number of benzene rings is 2. The van der Waals surface area contributed by atoms with E-state index in [0.29, 0.717) is 28.9 Å². The van der Waals surface area contributed by atoms with E-state index in [1.54, 1.807) is 30.3 Å². The third-order valence-electron chi connectivity index (χ3n) is 4.47. The quantitative estimate of drug-likeness (QED) is 0.585. The first kappa shape index (κ1) is 21.5. The van der Waals surface area contributed by atoms with E-state index in [0.717, 1.165) is 18.7 Å². The number of likely N-dealkylation sites (tertiary alicyclic amines) is 1. The lowest BCUT2D eigenvalue weighted by Gasteiger charge is -2.21. The molecule has 1 fully saturated rings. The number of nitrogens with zero attached hydrogens (tertiary/aromatic N) is 1. The van der Waals surface area contributed by atoms with Crippen molar-refractivity contribution in [1.29, 1.82) is 0 Å². The maximum Gasteiger partial charge on any atom is 0.316 e. The van der Waals surface area contributed by atoms with E-state index in [4.69, 9.17) is 38.4 Å². The number of amides is 2. The number of nitrogens with two attached hydrogens (primary N) is 1. The number of anilines is 1. The lowest BCUT2D eigenvalue weighted by molar-refractivity contribution is 0.0723. The molecular formula is C20H23Cl2N3O4. The van der Waals surface area contributed by atoms with E-state index >= 15 is 0 Å². The number of β-amino-alcohol motifs (C(OH)–C–C–N with tert-alkyl or cyclic N) is 1. The highest BCUT2D eigenvalue weighted by molar-refractivity contribution is 6.34. The van der Waals surface area contributed by atoms with E-state index in [-0.39, 0.29) is 18.4 Å². The second-order valence-electron chi connectivity index (χ2n) is 6.81. The summed E-state index contributed by atoms with van der Waals surface area (Å²) in [6.45, 7) is 2.03. The lowest BCUT2D eigenvalue weighted by atomic mass is 10.3. The van der Waals surface area contributed by atoms with Crippen molar-refractivity contribution in [2.45, 2.75) is 18.6 Å². The number of urea groups is 1. The molecule has 3 rings (SSSR count). The second kappa shape index (κ2) is 10.0. The molecule has 0 bridgehead atoms. The summed E-state index contributed by atoms with van der Waals surface area (Å²) in [5, 5.41) is 13.8. The second-order valence-corrected chi connectivity index (χ2v) is 7.65. The first-order valence-electron chi connectivity index (χ1n) is 9.21. The summed E-state index contributed by atoms with van der Waals surface area (Å²) >= 11 is 12.0. The average Bonchev–Trinajstić information content (AvgIpc) is 3.10. The van der Waals surface area contributed by atoms with Crippen molar-refractivity contribution in [2.75, 3.05) is 31.6 Å². The largest absolute Gasteiger partial charge is 0.489 e. The Hall–Kier alpha value is -2.19. The van der Waals surface area contributed by atoms with Gasteiger partial charge in [0.15, 0.2) is 0 Å². The number of nitrogens with one attached hydrogen (secondary N) is 1. The molecule has 1 saturated heterocycles. The van der Waals surface area contributed by atoms with Crippen LogP contribution in [-0.2, 0) is 0 Å². The van der Waals surface area contributed by atoms with Crippen molar-refractivity contribution in [3.8, 4) is 11.5 Å². The lowest BCUT2D eigenvalue weighted by Crippen LogP contribution is -2.35. The molecule has 2 aromatic rings. The first-order valence-corrected chi connectivity index (χ1v) is 9.96. The normalized spacial score (nSPS) is 17.7. The number of para-hydroxylation sites is 1. The number of halogens is 2. The molecule has 1 aliphatic heterocycles. The van der Waals surface area contributed by atoms with Gasteiger partial charge in [0, 0.05) is 24.7 Å². The van der Waals surface area contributed by atoms with Gasteiger partial charge in [-0.1, -0.05) is 29.3 Å². The molecule has 4 N–H and O–H groups in total. The summed E-state index contributed by atoms with van der Waals surface area (Å²) in [7, 11) is 0. The van der Waals surface area contributed by atoms with Gasteiger partial charge in [0.05, 0.1) is 5.02 Å². The maximum absolute atomic E-state index is 11.1. The maximum atomic E-state index is 11.1. The number of hydrogen-bond donors (Lipinski definition) is 3. The molecule has 0 radical (unpaired) electrons. The van der Waals surface area contributed by atoms with Crippen molar-refractivity contribution in [2.24, 2.45) is 5.73 Å². The Balaban J connectivity index is 1.47. The topological polar surface area (TPSA) is 97.1 Å². The van der Waals surface area contributed by atoms with Crippen molar-refractivity contribution < 1.29 is 19.4 Å². The predicted octanol–water partition coefficient (Wildman–Crippen LogP) is 3.38. The van der Waals surface area contributed by atoms with Crippen LogP contribution in [0.1, 0.15) is 6.42 Å². The van der Waals surface area contributed by atoms with Crippen LogP contribution in [0.25, 0.3) is 0 Å². The van der Waals surface area contributed by atoms with Crippen LogP contribution in [-0.4, -0.2) is 54.5 Å². The van der Waals surface area contributed by atoms with Crippen LogP contribution in [0.4, 0.5) is 10.5 Å². The van der Waals surface area contributed by atoms with E-state index < -0.39 is 12.1 Å². The number of rotatable bonds is 8. The molecule has 2 atom stereocenters. The van der Waals surface area contributed by atoms with Crippen LogP contribution in [0.2, 0.25) is 10.0 Å². The number of primary amides is 1. The van der Waals surface area contributed by atoms with Gasteiger partial charge in [0.1, 0.15) is 36.0 Å². The molecule has 156 valence electrons. The highest BCUT2D eigenvalue weighted by Gasteiger charge is 2.26. The average molecular weight is 440 g/mol. The van der Waals surface area contributed by atoms with Crippen LogP contribution >= 0.6 is 23.2 Å². The molecule has 2 aromatic carbocycles. The van der Waals surface area contributed by atoms with E-state index in [9.17, 15) is 9.90 Å². The fraction of sp³-hybridized carbons (Fsp3) is 0.350. The molecule has 2 unspecified atom stereocenters. The molecule has 7 nitrogen and oxygen atoms in total. The summed E-state index contributed by atoms with van der Waals surface area (Å²) in [6, 6.07) is 11.5. The van der Waals surface area contributed by atoms with E-state index in [1.165, 1.54) is 0 Å². The summed E-state index contributed by atoms with van der Waals surface area (Å²) in [6.07, 6.45) is 0.213. The van der Waals surface area contributed by atoms with E-state index in [1.807, 2.05) is 12.1 Å². The van der Waals surface area contributed by atoms with Gasteiger partial charge in [-0.15, -0.1) is 0 Å². The fourth-order valence-electron chi connectivity index (χ4n) is 3.17. The Morgan fingerprint density at radius 3 is 2.76 bits per heavy atom. The van der Waals surface area contributed by atoms with Gasteiger partial charge >= 0.3 is 6.03 Å². The Kier molecular flexibility index (Phi) is 7.44. The minimum atomic E-state index is -0.743. The van der Waals surface area contributed by atoms with Crippen molar-refractivity contribution in [3.63, 3.8) is 0 Å². The zero-order valence-corrected chi connectivity index (χ0v) is 17.2. The molecule has 9 heteroatoms. The Bertz CT molecular complexity index is 835. The van der Waals surface area contributed by atoms with Crippen molar-refractivity contribution in [1.82, 2.24) is 4.90 Å². The summed E-state index contributed by atoms with van der Waals surface area (Å²) in [5.41, 5.74) is 5.45. The minimum absolute atomic E-state index is 0.0486. The van der Waals surface area contributed by atoms with Crippen LogP contribution < -0.4 is 20.5 Å². The smallest absolute Gasteiger partial charge is 0.316 e. The van der Waals surface area contributed by atoms with Gasteiger partial charge in [-0.25, -0.2) is 4.79 Å². The minimum Gasteiger partial charge on any atom is -0.489 e. The standard InChI is InChI=1S/C20H23Cl2N3O4/c21-13-4-6-15(7-5-13)29-16-8-9-25(11-16)10-14(26)12-28-18-3-1-2-17(22)19(18)24-20(23)27/h1-7,14,16,26H,8-12H2,(H3,23,24,27). The zero-order valence-electron chi connectivity index (χ0n) is 15.7. The highest BCUT2D eigenvalue weighted by atomic mass is 35.5. The molecule has 2 amide bonds. The van der Waals surface area contributed by atoms with Gasteiger partial charge < -0.3 is 25.6 Å². The van der Waals surface area contributed by atoms with Gasteiger partial charge in [-0.3, -0.25) is 4.90 Å². The molecule has 0 spiro atoms. The molecular weight excluding hydrogens is 417 g/mol. The molecule has 0 saturated carbocycles. The van der Waals surface area contributed by atoms with Crippen LogP contribution in [0.5, 0.6) is 11.5 Å². The van der Waals surface area contributed by atoms with Crippen LogP contribution in [0, 0.1) is 0 Å². The first-order chi connectivity index (χ1) is 13.9. The molecule has 0 aromatic heterocycles. The Morgan fingerprint density at radius 2 is 2.03 bits per heavy atom. The number of hydrogen-bond acceptors (Lipinski definition) is 5. The predicted molar refractivity (Wildman–Crippen MR) is 113 cm³/mol. The number of carbonyl (C=O) groups is 1. The Labute approximate surface area is 179 Å². The third kappa shape index (κ3) is 6.40. The number of carbonyl (C=O) groups excluding carboxylic acids is 1. The number of ether oxygens (including phenoxy) is 2. The van der Waals surface area contributed by atoms with E-state index in [2.05, 4.69) is 10.2 Å². The zero-order chi connectivity index (χ0) is 20.8. The summed E-state index contributed by atoms with van der Waals surface area (Å²) in [5.74, 6) is 1.13. The van der Waals surface area contributed by atoms with Gasteiger partial charge in [-0.2, -0.15) is 0 Å². The molecule has 1 aliphatic rings. The van der Waals surface area contributed by atoms with Crippen molar-refractivity contribution >= 4 is 34.9 Å². The summed E-state index contributed by atoms with van der Waals surface area (Å²) < 4.78 is 11.6. The SMILES string of the molecule is NC(=O)Nc1c(Cl)cccc1OCC(O)CN1CCC(Oc2ccc(Cl)cc2)C1. The van der Waals surface area contributed by atoms with Crippen LogP contribution in [0.3, 0.4) is 0 Å². The fourth-order valence-corrected chi connectivity index (χ4v) is 3.51. The van der Waals surface area contributed by atoms with Crippen LogP contribution in [0.15, 0.2) is 42.5 Å². The third-order valence-corrected chi connectivity index (χ3v) is 5.04.